The van der Waals surface area contributed by atoms with Crippen LogP contribution in [0.25, 0.3) is 0 Å². The number of nitrogens with one attached hydrogen (secondary N) is 2. The number of carbonyl (C=O) groups excluding carboxylic acids is 1. The van der Waals surface area contributed by atoms with Crippen molar-refractivity contribution in [2.24, 2.45) is 5.92 Å². The summed E-state index contributed by atoms with van der Waals surface area (Å²) in [5.41, 5.74) is 0. The minimum Gasteiger partial charge on any atom is -0.391 e. The minimum atomic E-state index is -0.328. The Balaban J connectivity index is 1.65. The van der Waals surface area contributed by atoms with Gasteiger partial charge in [-0.1, -0.05) is 19.3 Å². The van der Waals surface area contributed by atoms with Crippen molar-refractivity contribution in [3.05, 3.63) is 0 Å². The van der Waals surface area contributed by atoms with E-state index in [0.717, 1.165) is 26.1 Å². The molecule has 116 valence electrons. The highest BCUT2D eigenvalue weighted by Gasteiger charge is 2.23. The number of nitrogens with zero attached hydrogens (tertiary/aromatic N) is 1. The van der Waals surface area contributed by atoms with Crippen LogP contribution in [0.2, 0.25) is 0 Å². The van der Waals surface area contributed by atoms with Crippen LogP contribution in [0, 0.1) is 5.92 Å². The number of hydrogen-bond donors (Lipinski definition) is 3. The predicted molar refractivity (Wildman–Crippen MR) is 79.5 cm³/mol. The van der Waals surface area contributed by atoms with E-state index in [1.165, 1.54) is 32.1 Å². The molecule has 0 saturated carbocycles. The smallest absolute Gasteiger partial charge is 0.234 e. The zero-order chi connectivity index (χ0) is 14.2. The molecule has 0 aromatic rings. The molecule has 0 spiro atoms. The van der Waals surface area contributed by atoms with E-state index in [9.17, 15) is 9.90 Å². The van der Waals surface area contributed by atoms with Gasteiger partial charge in [0.15, 0.2) is 0 Å². The molecule has 1 amide bonds. The summed E-state index contributed by atoms with van der Waals surface area (Å²) in [7, 11) is 0. The summed E-state index contributed by atoms with van der Waals surface area (Å²) in [5.74, 6) is 0.309. The molecule has 2 atom stereocenters. The number of aliphatic hydroxyl groups excluding tert-OH is 1. The molecule has 5 heteroatoms. The van der Waals surface area contributed by atoms with Crippen molar-refractivity contribution in [2.45, 2.75) is 44.6 Å². The Morgan fingerprint density at radius 1 is 1.20 bits per heavy atom. The van der Waals surface area contributed by atoms with E-state index >= 15 is 0 Å². The molecule has 2 aliphatic heterocycles. The maximum Gasteiger partial charge on any atom is 0.234 e. The first-order valence-corrected chi connectivity index (χ1v) is 8.13. The second-order valence-corrected chi connectivity index (χ2v) is 6.17. The summed E-state index contributed by atoms with van der Waals surface area (Å²) in [5, 5.41) is 16.0. The van der Waals surface area contributed by atoms with Gasteiger partial charge in [-0.25, -0.2) is 0 Å². The van der Waals surface area contributed by atoms with Gasteiger partial charge >= 0.3 is 0 Å². The third kappa shape index (κ3) is 5.38. The van der Waals surface area contributed by atoms with Crippen LogP contribution in [0.5, 0.6) is 0 Å². The average molecular weight is 283 g/mol. The van der Waals surface area contributed by atoms with E-state index < -0.39 is 0 Å². The zero-order valence-corrected chi connectivity index (χ0v) is 12.4. The highest BCUT2D eigenvalue weighted by Crippen LogP contribution is 2.12. The minimum absolute atomic E-state index is 0.108. The number of likely N-dealkylation sites (tertiary alicyclic amines) is 1. The maximum atomic E-state index is 12.0. The standard InChI is InChI=1S/C15H29N3O2/c19-14-11-16-7-6-13(14)10-17-15(20)12-18-8-4-2-1-3-5-9-18/h13-14,16,19H,1-12H2,(H,17,20)/t13-,14+/m0/s1. The van der Waals surface area contributed by atoms with Crippen molar-refractivity contribution in [3.63, 3.8) is 0 Å². The van der Waals surface area contributed by atoms with Gasteiger partial charge in [0.25, 0.3) is 0 Å². The molecule has 2 rings (SSSR count). The Morgan fingerprint density at radius 3 is 2.60 bits per heavy atom. The molecule has 0 unspecified atom stereocenters. The van der Waals surface area contributed by atoms with Crippen LogP contribution in [-0.2, 0) is 4.79 Å². The molecule has 2 fully saturated rings. The monoisotopic (exact) mass is 283 g/mol. The number of piperidine rings is 1. The van der Waals surface area contributed by atoms with Crippen LogP contribution in [0.3, 0.4) is 0 Å². The summed E-state index contributed by atoms with van der Waals surface area (Å²) in [6.45, 7) is 4.79. The topological polar surface area (TPSA) is 64.6 Å². The lowest BCUT2D eigenvalue weighted by molar-refractivity contribution is -0.122. The number of hydrogen-bond acceptors (Lipinski definition) is 4. The third-order valence-corrected chi connectivity index (χ3v) is 4.47. The molecule has 20 heavy (non-hydrogen) atoms. The Morgan fingerprint density at radius 2 is 1.90 bits per heavy atom. The maximum absolute atomic E-state index is 12.0. The van der Waals surface area contributed by atoms with Gasteiger partial charge in [0.05, 0.1) is 12.6 Å². The van der Waals surface area contributed by atoms with Crippen molar-refractivity contribution in [1.29, 1.82) is 0 Å². The van der Waals surface area contributed by atoms with E-state index in [4.69, 9.17) is 0 Å². The molecule has 0 bridgehead atoms. The zero-order valence-electron chi connectivity index (χ0n) is 12.4. The van der Waals surface area contributed by atoms with E-state index in [1.54, 1.807) is 0 Å². The Kier molecular flexibility index (Phi) is 6.76. The quantitative estimate of drug-likeness (QED) is 0.696. The number of rotatable bonds is 4. The lowest BCUT2D eigenvalue weighted by atomic mass is 9.95. The number of carbonyl (C=O) groups is 1. The second kappa shape index (κ2) is 8.60. The molecule has 2 heterocycles. The Hall–Kier alpha value is -0.650. The fourth-order valence-corrected chi connectivity index (χ4v) is 3.11. The first-order valence-electron chi connectivity index (χ1n) is 8.13. The Bertz CT molecular complexity index is 291. The van der Waals surface area contributed by atoms with Gasteiger partial charge < -0.3 is 15.7 Å². The SMILES string of the molecule is O=C(CN1CCCCCCC1)NC[C@@H]1CCNC[C@H]1O. The lowest BCUT2D eigenvalue weighted by Crippen LogP contribution is -2.47. The van der Waals surface area contributed by atoms with Gasteiger partial charge in [0.1, 0.15) is 0 Å². The number of aliphatic hydroxyl groups is 1. The molecular formula is C15H29N3O2. The lowest BCUT2D eigenvalue weighted by Gasteiger charge is -2.29. The van der Waals surface area contributed by atoms with Crippen molar-refractivity contribution in [3.8, 4) is 0 Å². The van der Waals surface area contributed by atoms with Crippen molar-refractivity contribution in [2.75, 3.05) is 39.3 Å². The second-order valence-electron chi connectivity index (χ2n) is 6.17. The van der Waals surface area contributed by atoms with E-state index in [0.29, 0.717) is 19.6 Å². The third-order valence-electron chi connectivity index (χ3n) is 4.47. The highest BCUT2D eigenvalue weighted by atomic mass is 16.3. The molecule has 3 N–H and O–H groups in total. The molecule has 0 aromatic carbocycles. The first-order chi connectivity index (χ1) is 9.75. The van der Waals surface area contributed by atoms with Gasteiger partial charge in [-0.2, -0.15) is 0 Å². The summed E-state index contributed by atoms with van der Waals surface area (Å²) >= 11 is 0. The molecule has 2 aliphatic rings. The van der Waals surface area contributed by atoms with Crippen LogP contribution in [-0.4, -0.2) is 61.3 Å². The van der Waals surface area contributed by atoms with E-state index in [1.807, 2.05) is 0 Å². The van der Waals surface area contributed by atoms with Crippen molar-refractivity contribution >= 4 is 5.91 Å². The highest BCUT2D eigenvalue weighted by molar-refractivity contribution is 5.78. The largest absolute Gasteiger partial charge is 0.391 e. The van der Waals surface area contributed by atoms with Crippen LogP contribution in [0.15, 0.2) is 0 Å². The fraction of sp³-hybridized carbons (Fsp3) is 0.933. The van der Waals surface area contributed by atoms with Crippen molar-refractivity contribution < 1.29 is 9.90 Å². The molecule has 5 nitrogen and oxygen atoms in total. The molecule has 0 aromatic heterocycles. The first kappa shape index (κ1) is 15.7. The van der Waals surface area contributed by atoms with E-state index in [2.05, 4.69) is 15.5 Å². The summed E-state index contributed by atoms with van der Waals surface area (Å²) in [6.07, 6.45) is 6.95. The summed E-state index contributed by atoms with van der Waals surface area (Å²) in [4.78, 5) is 14.3. The van der Waals surface area contributed by atoms with E-state index in [-0.39, 0.29) is 17.9 Å². The average Bonchev–Trinajstić information content (AvgIpc) is 2.41. The van der Waals surface area contributed by atoms with Gasteiger partial charge in [-0.15, -0.1) is 0 Å². The molecule has 2 saturated heterocycles. The fourth-order valence-electron chi connectivity index (χ4n) is 3.11. The van der Waals surface area contributed by atoms with Gasteiger partial charge in [0, 0.05) is 19.0 Å². The van der Waals surface area contributed by atoms with Crippen LogP contribution in [0.1, 0.15) is 38.5 Å². The summed E-state index contributed by atoms with van der Waals surface area (Å²) in [6, 6.07) is 0. The predicted octanol–water partition coefficient (Wildman–Crippen LogP) is 0.339. The van der Waals surface area contributed by atoms with Crippen LogP contribution >= 0.6 is 0 Å². The van der Waals surface area contributed by atoms with Crippen LogP contribution in [0.4, 0.5) is 0 Å². The van der Waals surface area contributed by atoms with Gasteiger partial charge in [0.2, 0.25) is 5.91 Å². The van der Waals surface area contributed by atoms with Crippen molar-refractivity contribution in [1.82, 2.24) is 15.5 Å². The molecule has 0 aliphatic carbocycles. The Labute approximate surface area is 122 Å². The number of β-amino-alcohol motifs (C(OH)–C–C–N with tert-alkyl or cyclic N) is 1. The van der Waals surface area contributed by atoms with Gasteiger partial charge in [-0.05, 0) is 38.9 Å². The normalized spacial score (nSPS) is 29.4. The van der Waals surface area contributed by atoms with Crippen LogP contribution < -0.4 is 10.6 Å². The molecule has 0 radical (unpaired) electrons. The number of amides is 1. The summed E-state index contributed by atoms with van der Waals surface area (Å²) < 4.78 is 0. The van der Waals surface area contributed by atoms with Gasteiger partial charge in [-0.3, -0.25) is 9.69 Å². The molecular weight excluding hydrogens is 254 g/mol.